The number of aromatic nitrogens is 1. The Morgan fingerprint density at radius 1 is 1.23 bits per heavy atom. The molecule has 0 fully saturated rings. The lowest BCUT2D eigenvalue weighted by molar-refractivity contribution is -0.721. The molecule has 0 aliphatic heterocycles. The van der Waals surface area contributed by atoms with Crippen LogP contribution < -0.4 is 4.57 Å². The van der Waals surface area contributed by atoms with Crippen molar-refractivity contribution >= 4 is 0 Å². The van der Waals surface area contributed by atoms with Gasteiger partial charge in [-0.25, -0.2) is 0 Å². The van der Waals surface area contributed by atoms with Crippen molar-refractivity contribution < 1.29 is 9.67 Å². The largest absolute Gasteiger partial charge is 0.460 e. The Kier molecular flexibility index (Phi) is 2.91. The van der Waals surface area contributed by atoms with Crippen molar-refractivity contribution in [2.45, 2.75) is 39.7 Å². The molecule has 2 heteroatoms. The molecule has 0 spiro atoms. The third-order valence-corrected chi connectivity index (χ3v) is 2.20. The van der Waals surface area contributed by atoms with Gasteiger partial charge in [0.1, 0.15) is 0 Å². The molecule has 0 radical (unpaired) electrons. The first-order chi connectivity index (χ1) is 6.04. The van der Waals surface area contributed by atoms with Crippen LogP contribution in [0, 0.1) is 0 Å². The van der Waals surface area contributed by atoms with Gasteiger partial charge in [-0.2, -0.15) is 4.57 Å². The van der Waals surface area contributed by atoms with E-state index in [2.05, 4.69) is 27.7 Å². The number of pyridine rings is 1. The van der Waals surface area contributed by atoms with Crippen LogP contribution in [0.2, 0.25) is 0 Å². The minimum Gasteiger partial charge on any atom is -0.460 e. The number of nitrogens with zero attached hydrogens (tertiary/aromatic N) is 1. The van der Waals surface area contributed by atoms with Crippen LogP contribution in [0.5, 0.6) is 5.88 Å². The summed E-state index contributed by atoms with van der Waals surface area (Å²) in [4.78, 5) is 0. The molecule has 0 unspecified atom stereocenters. The molecule has 0 amide bonds. The first kappa shape index (κ1) is 10.0. The molecule has 0 aliphatic rings. The van der Waals surface area contributed by atoms with E-state index in [1.165, 1.54) is 0 Å². The zero-order chi connectivity index (χ0) is 10.0. The van der Waals surface area contributed by atoms with E-state index in [0.29, 0.717) is 17.8 Å². The van der Waals surface area contributed by atoms with E-state index in [4.69, 9.17) is 0 Å². The second-order valence-electron chi connectivity index (χ2n) is 3.94. The van der Waals surface area contributed by atoms with Crippen molar-refractivity contribution in [3.63, 3.8) is 0 Å². The van der Waals surface area contributed by atoms with E-state index in [1.807, 2.05) is 22.9 Å². The molecule has 1 aromatic rings. The van der Waals surface area contributed by atoms with E-state index in [9.17, 15) is 5.11 Å². The summed E-state index contributed by atoms with van der Waals surface area (Å²) >= 11 is 0. The third kappa shape index (κ3) is 2.00. The van der Waals surface area contributed by atoms with Gasteiger partial charge in [0.15, 0.2) is 12.2 Å². The predicted octanol–water partition coefficient (Wildman–Crippen LogP) is 2.38. The molecule has 13 heavy (non-hydrogen) atoms. The van der Waals surface area contributed by atoms with E-state index < -0.39 is 0 Å². The van der Waals surface area contributed by atoms with E-state index >= 15 is 0 Å². The highest BCUT2D eigenvalue weighted by atomic mass is 16.3. The van der Waals surface area contributed by atoms with Crippen molar-refractivity contribution in [2.24, 2.45) is 0 Å². The highest BCUT2D eigenvalue weighted by molar-refractivity contribution is 5.22. The number of hydrogen-bond acceptors (Lipinski definition) is 1. The molecule has 0 bridgehead atoms. The van der Waals surface area contributed by atoms with Crippen molar-refractivity contribution in [3.05, 3.63) is 23.9 Å². The van der Waals surface area contributed by atoms with Crippen LogP contribution in [0.25, 0.3) is 0 Å². The quantitative estimate of drug-likeness (QED) is 0.694. The molecule has 72 valence electrons. The average molecular weight is 180 g/mol. The fourth-order valence-corrected chi connectivity index (χ4v) is 1.40. The fraction of sp³-hybridized carbons (Fsp3) is 0.545. The highest BCUT2D eigenvalue weighted by Gasteiger charge is 2.18. The first-order valence-electron chi connectivity index (χ1n) is 4.77. The lowest BCUT2D eigenvalue weighted by atomic mass is 10.0. The summed E-state index contributed by atoms with van der Waals surface area (Å²) in [5.41, 5.74) is 1.01. The SMILES string of the molecule is CC(C)c1ccc[n+](C(C)C)c1O. The molecular formula is C11H18NO+. The minimum absolute atomic E-state index is 0.304. The Morgan fingerprint density at radius 2 is 1.85 bits per heavy atom. The van der Waals surface area contributed by atoms with E-state index in [-0.39, 0.29) is 0 Å². The Hall–Kier alpha value is -1.05. The number of rotatable bonds is 2. The molecule has 1 heterocycles. The zero-order valence-electron chi connectivity index (χ0n) is 8.78. The smallest absolute Gasteiger partial charge is 0.369 e. The Balaban J connectivity index is 3.18. The normalized spacial score (nSPS) is 11.2. The summed E-state index contributed by atoms with van der Waals surface area (Å²) < 4.78 is 1.88. The molecule has 1 aromatic heterocycles. The van der Waals surface area contributed by atoms with Gasteiger partial charge >= 0.3 is 5.88 Å². The van der Waals surface area contributed by atoms with E-state index in [0.717, 1.165) is 5.56 Å². The Labute approximate surface area is 79.8 Å². The molecule has 1 N–H and O–H groups in total. The van der Waals surface area contributed by atoms with Gasteiger partial charge in [0.25, 0.3) is 0 Å². The van der Waals surface area contributed by atoms with Crippen LogP contribution in [-0.2, 0) is 0 Å². The third-order valence-electron chi connectivity index (χ3n) is 2.20. The zero-order valence-corrected chi connectivity index (χ0v) is 8.78. The summed E-state index contributed by atoms with van der Waals surface area (Å²) in [5.74, 6) is 0.763. The maximum atomic E-state index is 9.89. The first-order valence-corrected chi connectivity index (χ1v) is 4.77. The van der Waals surface area contributed by atoms with Gasteiger partial charge in [0.2, 0.25) is 0 Å². The maximum Gasteiger partial charge on any atom is 0.369 e. The van der Waals surface area contributed by atoms with Gasteiger partial charge in [-0.3, -0.25) is 0 Å². The predicted molar refractivity (Wildman–Crippen MR) is 52.8 cm³/mol. The Morgan fingerprint density at radius 3 is 2.31 bits per heavy atom. The lowest BCUT2D eigenvalue weighted by Crippen LogP contribution is -2.36. The summed E-state index contributed by atoms with van der Waals surface area (Å²) in [5, 5.41) is 9.89. The second kappa shape index (κ2) is 3.77. The number of aromatic hydroxyl groups is 1. The van der Waals surface area contributed by atoms with Crippen LogP contribution in [0.15, 0.2) is 18.3 Å². The van der Waals surface area contributed by atoms with Crippen molar-refractivity contribution in [2.75, 3.05) is 0 Å². The molecule has 0 saturated heterocycles. The highest BCUT2D eigenvalue weighted by Crippen LogP contribution is 2.21. The number of hydrogen-bond donors (Lipinski definition) is 1. The standard InChI is InChI=1S/C11H17NO/c1-8(2)10-6-5-7-12(9(3)4)11(10)13/h5-9H,1-4H3/p+1. The topological polar surface area (TPSA) is 24.1 Å². The average Bonchev–Trinajstić information content (AvgIpc) is 2.03. The van der Waals surface area contributed by atoms with Crippen LogP contribution in [0.1, 0.15) is 45.2 Å². The molecular weight excluding hydrogens is 162 g/mol. The molecule has 0 aromatic carbocycles. The Bertz CT molecular complexity index is 266. The fourth-order valence-electron chi connectivity index (χ4n) is 1.40. The van der Waals surface area contributed by atoms with Crippen molar-refractivity contribution in [3.8, 4) is 5.88 Å². The summed E-state index contributed by atoms with van der Waals surface area (Å²) in [6.45, 7) is 8.28. The second-order valence-corrected chi connectivity index (χ2v) is 3.94. The molecule has 1 rings (SSSR count). The van der Waals surface area contributed by atoms with Gasteiger partial charge in [-0.1, -0.05) is 13.8 Å². The molecule has 0 atom stereocenters. The van der Waals surface area contributed by atoms with E-state index in [1.54, 1.807) is 0 Å². The van der Waals surface area contributed by atoms with Crippen molar-refractivity contribution in [1.29, 1.82) is 0 Å². The van der Waals surface area contributed by atoms with Crippen LogP contribution in [0.3, 0.4) is 0 Å². The summed E-state index contributed by atoms with van der Waals surface area (Å²) in [6, 6.07) is 4.26. The van der Waals surface area contributed by atoms with Gasteiger partial charge in [0, 0.05) is 6.07 Å². The molecule has 2 nitrogen and oxygen atoms in total. The maximum absolute atomic E-state index is 9.89. The minimum atomic E-state index is 0.304. The van der Waals surface area contributed by atoms with Crippen LogP contribution >= 0.6 is 0 Å². The summed E-state index contributed by atoms with van der Waals surface area (Å²) in [6.07, 6.45) is 1.91. The van der Waals surface area contributed by atoms with Gasteiger partial charge in [0.05, 0.1) is 5.56 Å². The summed E-state index contributed by atoms with van der Waals surface area (Å²) in [7, 11) is 0. The molecule has 0 aliphatic carbocycles. The molecule has 0 saturated carbocycles. The van der Waals surface area contributed by atoms with Gasteiger partial charge in [-0.15, -0.1) is 0 Å². The van der Waals surface area contributed by atoms with Crippen LogP contribution in [-0.4, -0.2) is 5.11 Å². The van der Waals surface area contributed by atoms with Crippen LogP contribution in [0.4, 0.5) is 0 Å². The lowest BCUT2D eigenvalue weighted by Gasteiger charge is -2.08. The van der Waals surface area contributed by atoms with Crippen molar-refractivity contribution in [1.82, 2.24) is 0 Å². The monoisotopic (exact) mass is 180 g/mol. The van der Waals surface area contributed by atoms with Gasteiger partial charge < -0.3 is 5.11 Å². The van der Waals surface area contributed by atoms with Gasteiger partial charge in [-0.05, 0) is 25.8 Å².